The first kappa shape index (κ1) is 32.6. The minimum atomic E-state index is -8.99. The minimum Gasteiger partial charge on any atom is -0.390 e. The first-order chi connectivity index (χ1) is 14.3. The first-order valence-electron chi connectivity index (χ1n) is 7.43. The maximum Gasteiger partial charge on any atom is 0.467 e. The number of hydrogen-bond donors (Lipinski definition) is 1. The molecule has 0 heterocycles. The van der Waals surface area contributed by atoms with Gasteiger partial charge in [-0.15, -0.1) is 0 Å². The van der Waals surface area contributed by atoms with Crippen LogP contribution in [0.3, 0.4) is 0 Å². The summed E-state index contributed by atoms with van der Waals surface area (Å²) in [4.78, 5) is 0. The Kier molecular flexibility index (Phi) is 7.73. The molecule has 1 atom stereocenters. The van der Waals surface area contributed by atoms with Crippen molar-refractivity contribution in [3.05, 3.63) is 0 Å². The highest BCUT2D eigenvalue weighted by molar-refractivity contribution is 7.87. The van der Waals surface area contributed by atoms with Crippen LogP contribution < -0.4 is 0 Å². The van der Waals surface area contributed by atoms with Gasteiger partial charge in [-0.1, -0.05) is 0 Å². The van der Waals surface area contributed by atoms with Gasteiger partial charge in [-0.05, 0) is 4.11 Å². The van der Waals surface area contributed by atoms with Crippen molar-refractivity contribution in [3.63, 3.8) is 0 Å². The lowest BCUT2D eigenvalue weighted by atomic mass is 9.91. The third-order valence-corrected chi connectivity index (χ3v) is 6.11. The van der Waals surface area contributed by atoms with Crippen LogP contribution in [0.1, 0.15) is 0 Å². The quantitative estimate of drug-likeness (QED) is 0.306. The molecule has 0 radical (unpaired) electrons. The molecule has 0 aromatic rings. The Morgan fingerprint density at radius 2 is 0.853 bits per heavy atom. The van der Waals surface area contributed by atoms with Gasteiger partial charge in [-0.3, -0.25) is 0 Å². The molecular weight excluding hydrogens is 568 g/mol. The van der Waals surface area contributed by atoms with Gasteiger partial charge >= 0.3 is 57.0 Å². The van der Waals surface area contributed by atoms with Gasteiger partial charge in [-0.2, -0.15) is 83.1 Å². The number of rotatable bonds is 10. The van der Waals surface area contributed by atoms with E-state index in [-0.39, 0.29) is 0 Å². The SMILES string of the molecule is C[N+](F)(CCO)S(=O)(=O)C(F)(F)C(F)(F)C(F)(F)C(F)(F)C(F)(F)C(F)(F)C(F)(F)C(F)(F)F. The molecule has 0 saturated heterocycles. The molecule has 0 aliphatic rings. The maximum absolute atomic E-state index is 13.7. The third-order valence-electron chi connectivity index (χ3n) is 4.02. The number of aliphatic hydroxyl groups is 1. The Labute approximate surface area is 175 Å². The molecule has 0 aromatic carbocycles. The van der Waals surface area contributed by atoms with Crippen molar-refractivity contribution < 1.29 is 96.8 Å². The molecule has 0 saturated carbocycles. The van der Waals surface area contributed by atoms with E-state index in [2.05, 4.69) is 0 Å². The van der Waals surface area contributed by atoms with Gasteiger partial charge in [0.15, 0.2) is 6.54 Å². The Hall–Kier alpha value is -1.39. The van der Waals surface area contributed by atoms with Gasteiger partial charge in [0.2, 0.25) is 0 Å². The van der Waals surface area contributed by atoms with Gasteiger partial charge in [0.25, 0.3) is 0 Å². The Balaban J connectivity index is 7.08. The number of sulfonamides is 1. The van der Waals surface area contributed by atoms with Crippen molar-refractivity contribution in [2.75, 3.05) is 20.2 Å². The van der Waals surface area contributed by atoms with Crippen LogP contribution >= 0.6 is 0 Å². The van der Waals surface area contributed by atoms with Crippen LogP contribution in [-0.2, 0) is 10.0 Å². The van der Waals surface area contributed by atoms with Crippen molar-refractivity contribution in [1.82, 2.24) is 0 Å². The van der Waals surface area contributed by atoms with Crippen LogP contribution in [-0.4, -0.2) is 84.8 Å². The summed E-state index contributed by atoms with van der Waals surface area (Å²) in [5.41, 5.74) is 0. The molecule has 34 heavy (non-hydrogen) atoms. The topological polar surface area (TPSA) is 54.4 Å². The van der Waals surface area contributed by atoms with Crippen LogP contribution in [0.25, 0.3) is 0 Å². The molecule has 0 aromatic heterocycles. The zero-order valence-electron chi connectivity index (χ0n) is 15.3. The number of quaternary nitrogens is 1. The summed E-state index contributed by atoms with van der Waals surface area (Å²) < 4.78 is 254. The van der Waals surface area contributed by atoms with E-state index in [1.54, 1.807) is 0 Å². The van der Waals surface area contributed by atoms with E-state index >= 15 is 0 Å². The van der Waals surface area contributed by atoms with Crippen LogP contribution in [0.2, 0.25) is 0 Å². The fourth-order valence-electron chi connectivity index (χ4n) is 1.85. The molecule has 4 nitrogen and oxygen atoms in total. The number of alkyl halides is 17. The van der Waals surface area contributed by atoms with E-state index < -0.39 is 81.3 Å². The predicted molar refractivity (Wildman–Crippen MR) is 68.8 cm³/mol. The van der Waals surface area contributed by atoms with Crippen LogP contribution in [0.5, 0.6) is 0 Å². The molecule has 1 N–H and O–H groups in total. The van der Waals surface area contributed by atoms with Crippen molar-refractivity contribution in [2.24, 2.45) is 0 Å². The number of aliphatic hydroxyl groups excluding tert-OH is 1. The lowest BCUT2D eigenvalue weighted by molar-refractivity contribution is -0.934. The molecule has 0 spiro atoms. The van der Waals surface area contributed by atoms with E-state index in [0.29, 0.717) is 0 Å². The molecule has 1 unspecified atom stereocenters. The normalized spacial score (nSPS) is 18.1. The lowest BCUT2D eigenvalue weighted by Gasteiger charge is -2.42. The molecule has 206 valence electrons. The fraction of sp³-hybridized carbons (Fsp3) is 1.00. The largest absolute Gasteiger partial charge is 0.467 e. The molecule has 0 aliphatic heterocycles. The Morgan fingerprint density at radius 3 is 1.12 bits per heavy atom. The summed E-state index contributed by atoms with van der Waals surface area (Å²) in [5, 5.41) is 0.326. The van der Waals surface area contributed by atoms with Gasteiger partial charge in [-0.25, -0.2) is 0 Å². The molecule has 0 rings (SSSR count). The zero-order valence-corrected chi connectivity index (χ0v) is 16.2. The van der Waals surface area contributed by atoms with E-state index in [0.717, 1.165) is 0 Å². The number of likely N-dealkylation sites (N-methyl/N-ethyl adjacent to an activating group) is 1. The maximum atomic E-state index is 13.7. The van der Waals surface area contributed by atoms with Gasteiger partial charge in [0, 0.05) is 4.48 Å². The predicted octanol–water partition coefficient (Wildman–Crippen LogP) is 4.61. The minimum absolute atomic E-state index is 0.710. The summed E-state index contributed by atoms with van der Waals surface area (Å²) in [6.07, 6.45) is -7.93. The van der Waals surface area contributed by atoms with Crippen molar-refractivity contribution in [1.29, 1.82) is 0 Å². The molecule has 0 fully saturated rings. The fourth-order valence-corrected chi connectivity index (χ4v) is 3.10. The molecule has 0 bridgehead atoms. The van der Waals surface area contributed by atoms with Crippen LogP contribution in [0.4, 0.5) is 79.1 Å². The van der Waals surface area contributed by atoms with E-state index in [1.165, 1.54) is 0 Å². The summed E-state index contributed by atoms with van der Waals surface area (Å²) >= 11 is 0. The molecular formula is C11H8F18NO3S+. The van der Waals surface area contributed by atoms with Gasteiger partial charge < -0.3 is 5.11 Å². The lowest BCUT2D eigenvalue weighted by Crippen LogP contribution is -2.75. The van der Waals surface area contributed by atoms with E-state index in [4.69, 9.17) is 5.11 Å². The Bertz CT molecular complexity index is 861. The van der Waals surface area contributed by atoms with Crippen molar-refractivity contribution in [2.45, 2.75) is 47.0 Å². The van der Waals surface area contributed by atoms with Gasteiger partial charge in [0.1, 0.15) is 7.05 Å². The number of nitrogens with zero attached hydrogens (tertiary/aromatic N) is 1. The average Bonchev–Trinajstić information content (AvgIpc) is 2.59. The summed E-state index contributed by atoms with van der Waals surface area (Å²) in [7, 11) is -8.69. The first-order valence-corrected chi connectivity index (χ1v) is 8.87. The second kappa shape index (κ2) is 8.06. The third kappa shape index (κ3) is 3.84. The second-order valence-electron chi connectivity index (χ2n) is 6.37. The zero-order chi connectivity index (χ0) is 28.4. The van der Waals surface area contributed by atoms with E-state index in [1.807, 2.05) is 0 Å². The molecule has 0 aliphatic carbocycles. The summed E-state index contributed by atoms with van der Waals surface area (Å²) in [6, 6.07) is 0. The smallest absolute Gasteiger partial charge is 0.390 e. The standard InChI is InChI=1S/C11H8F18NO3S/c1-30(29,2-3-31)34(32,33)11(27,28)9(22,23)7(18,19)5(14,15)4(12,13)6(16,17)8(20,21)10(24,25)26/h31H,2-3H2,1H3/q+1. The number of hydrogen-bond acceptors (Lipinski definition) is 3. The molecule has 23 heteroatoms. The van der Waals surface area contributed by atoms with Crippen molar-refractivity contribution >= 4 is 10.0 Å². The van der Waals surface area contributed by atoms with Gasteiger partial charge in [0.05, 0.1) is 6.61 Å². The summed E-state index contributed by atoms with van der Waals surface area (Å²) in [6.45, 7) is -4.10. The Morgan fingerprint density at radius 1 is 0.588 bits per heavy atom. The van der Waals surface area contributed by atoms with E-state index in [9.17, 15) is 87.5 Å². The van der Waals surface area contributed by atoms with Crippen molar-refractivity contribution in [3.8, 4) is 0 Å². The highest BCUT2D eigenvalue weighted by Crippen LogP contribution is 2.64. The second-order valence-corrected chi connectivity index (χ2v) is 8.59. The molecule has 0 amide bonds. The average molecular weight is 576 g/mol. The van der Waals surface area contributed by atoms with Crippen LogP contribution in [0.15, 0.2) is 0 Å². The summed E-state index contributed by atoms with van der Waals surface area (Å²) in [5.74, 6) is -52.5. The van der Waals surface area contributed by atoms with Crippen LogP contribution in [0, 0.1) is 0 Å². The highest BCUT2D eigenvalue weighted by Gasteiger charge is 2.97. The monoisotopic (exact) mass is 576 g/mol. The highest BCUT2D eigenvalue weighted by atomic mass is 32.2. The number of halogens is 18.